The monoisotopic (exact) mass is 200 g/mol. The van der Waals surface area contributed by atoms with Crippen molar-refractivity contribution in [3.63, 3.8) is 0 Å². The van der Waals surface area contributed by atoms with E-state index in [-0.39, 0.29) is 0 Å². The van der Waals surface area contributed by atoms with Crippen LogP contribution in [0.1, 0.15) is 10.4 Å². The molecule has 1 heterocycles. The predicted molar refractivity (Wildman–Crippen MR) is 50.7 cm³/mol. The number of benzene rings is 1. The van der Waals surface area contributed by atoms with Crippen molar-refractivity contribution in [2.24, 2.45) is 0 Å². The van der Waals surface area contributed by atoms with Gasteiger partial charge in [-0.2, -0.15) is 0 Å². The zero-order chi connectivity index (χ0) is 8.55. The quantitative estimate of drug-likeness (QED) is 0.637. The van der Waals surface area contributed by atoms with Gasteiger partial charge in [-0.25, -0.2) is 0 Å². The van der Waals surface area contributed by atoms with E-state index in [1.807, 2.05) is 24.3 Å². The number of alkyl halides is 2. The molecule has 0 saturated heterocycles. The van der Waals surface area contributed by atoms with Crippen LogP contribution in [-0.2, 0) is 0 Å². The number of hydrogen-bond donors (Lipinski definition) is 0. The summed E-state index contributed by atoms with van der Waals surface area (Å²) in [7, 11) is 0. The van der Waals surface area contributed by atoms with Gasteiger partial charge in [-0.3, -0.25) is 0 Å². The largest absolute Gasteiger partial charge is 0.464 e. The molecular formula is C9H6Cl2O. The van der Waals surface area contributed by atoms with Crippen molar-refractivity contribution in [3.05, 3.63) is 36.1 Å². The molecule has 0 unspecified atom stereocenters. The summed E-state index contributed by atoms with van der Waals surface area (Å²) in [5.41, 5.74) is 1.68. The number of furan rings is 1. The van der Waals surface area contributed by atoms with Gasteiger partial charge in [-0.15, -0.1) is 23.2 Å². The zero-order valence-corrected chi connectivity index (χ0v) is 7.64. The third-order valence-corrected chi connectivity index (χ3v) is 2.24. The minimum Gasteiger partial charge on any atom is -0.464 e. The van der Waals surface area contributed by atoms with Crippen LogP contribution in [0.25, 0.3) is 11.0 Å². The Labute approximate surface area is 79.9 Å². The van der Waals surface area contributed by atoms with E-state index in [0.717, 1.165) is 16.5 Å². The third kappa shape index (κ3) is 1.30. The first-order valence-corrected chi connectivity index (χ1v) is 4.40. The van der Waals surface area contributed by atoms with E-state index in [9.17, 15) is 0 Å². The van der Waals surface area contributed by atoms with Crippen molar-refractivity contribution in [2.45, 2.75) is 4.84 Å². The van der Waals surface area contributed by atoms with Gasteiger partial charge in [0.1, 0.15) is 10.4 Å². The molecule has 0 aliphatic heterocycles. The van der Waals surface area contributed by atoms with Crippen LogP contribution in [0.3, 0.4) is 0 Å². The van der Waals surface area contributed by atoms with Crippen LogP contribution in [0.15, 0.2) is 34.9 Å². The van der Waals surface area contributed by atoms with Gasteiger partial charge in [0.05, 0.1) is 6.26 Å². The molecule has 0 aliphatic rings. The first-order chi connectivity index (χ1) is 5.77. The molecule has 12 heavy (non-hydrogen) atoms. The first kappa shape index (κ1) is 7.96. The van der Waals surface area contributed by atoms with Crippen molar-refractivity contribution >= 4 is 34.2 Å². The predicted octanol–water partition coefficient (Wildman–Crippen LogP) is 3.91. The Kier molecular flexibility index (Phi) is 1.99. The average Bonchev–Trinajstić information content (AvgIpc) is 2.49. The van der Waals surface area contributed by atoms with Gasteiger partial charge in [0.2, 0.25) is 0 Å². The number of fused-ring (bicyclic) bond motifs is 1. The van der Waals surface area contributed by atoms with E-state index >= 15 is 0 Å². The van der Waals surface area contributed by atoms with Crippen LogP contribution in [0, 0.1) is 0 Å². The van der Waals surface area contributed by atoms with Gasteiger partial charge < -0.3 is 4.42 Å². The van der Waals surface area contributed by atoms with Gasteiger partial charge in [-0.05, 0) is 17.7 Å². The second-order valence-corrected chi connectivity index (χ2v) is 3.61. The average molecular weight is 201 g/mol. The molecule has 1 aromatic carbocycles. The summed E-state index contributed by atoms with van der Waals surface area (Å²) < 4.78 is 5.19. The minimum atomic E-state index is -0.487. The van der Waals surface area contributed by atoms with E-state index in [2.05, 4.69) is 0 Å². The zero-order valence-electron chi connectivity index (χ0n) is 6.13. The number of halogens is 2. The molecule has 3 heteroatoms. The van der Waals surface area contributed by atoms with E-state index < -0.39 is 4.84 Å². The minimum absolute atomic E-state index is 0.487. The summed E-state index contributed by atoms with van der Waals surface area (Å²) in [6, 6.07) is 7.57. The second-order valence-electron chi connectivity index (χ2n) is 2.52. The van der Waals surface area contributed by atoms with Gasteiger partial charge in [-0.1, -0.05) is 12.1 Å². The molecule has 1 aromatic heterocycles. The maximum absolute atomic E-state index is 5.69. The lowest BCUT2D eigenvalue weighted by Gasteiger charge is -1.99. The van der Waals surface area contributed by atoms with Crippen molar-refractivity contribution in [1.29, 1.82) is 0 Å². The van der Waals surface area contributed by atoms with E-state index in [4.69, 9.17) is 27.6 Å². The van der Waals surface area contributed by atoms with Crippen LogP contribution in [-0.4, -0.2) is 0 Å². The summed E-state index contributed by atoms with van der Waals surface area (Å²) in [6.45, 7) is 0. The third-order valence-electron chi connectivity index (χ3n) is 1.73. The molecule has 2 aromatic rings. The highest BCUT2D eigenvalue weighted by Gasteiger charge is 2.04. The molecule has 0 radical (unpaired) electrons. The Hall–Kier alpha value is -0.660. The van der Waals surface area contributed by atoms with Crippen molar-refractivity contribution < 1.29 is 4.42 Å². The smallest absolute Gasteiger partial charge is 0.134 e. The highest BCUT2D eigenvalue weighted by molar-refractivity contribution is 6.44. The molecule has 0 saturated carbocycles. The Morgan fingerprint density at radius 3 is 2.75 bits per heavy atom. The highest BCUT2D eigenvalue weighted by atomic mass is 35.5. The maximum Gasteiger partial charge on any atom is 0.134 e. The van der Waals surface area contributed by atoms with E-state index in [1.165, 1.54) is 0 Å². The fourth-order valence-electron chi connectivity index (χ4n) is 1.11. The summed E-state index contributed by atoms with van der Waals surface area (Å²) >= 11 is 11.4. The molecule has 0 amide bonds. The Balaban J connectivity index is 2.60. The van der Waals surface area contributed by atoms with Crippen LogP contribution in [0.4, 0.5) is 0 Å². The van der Waals surface area contributed by atoms with Crippen molar-refractivity contribution in [3.8, 4) is 0 Å². The van der Waals surface area contributed by atoms with E-state index in [0.29, 0.717) is 0 Å². The lowest BCUT2D eigenvalue weighted by atomic mass is 10.2. The summed E-state index contributed by atoms with van der Waals surface area (Å²) in [6.07, 6.45) is 1.64. The van der Waals surface area contributed by atoms with Crippen LogP contribution >= 0.6 is 23.2 Å². The molecule has 1 nitrogen and oxygen atoms in total. The normalized spacial score (nSPS) is 11.2. The van der Waals surface area contributed by atoms with Gasteiger partial charge in [0, 0.05) is 5.39 Å². The fourth-order valence-corrected chi connectivity index (χ4v) is 1.38. The molecule has 0 fully saturated rings. The topological polar surface area (TPSA) is 13.1 Å². The molecular weight excluding hydrogens is 195 g/mol. The van der Waals surface area contributed by atoms with Crippen LogP contribution < -0.4 is 0 Å². The lowest BCUT2D eigenvalue weighted by Crippen LogP contribution is -1.78. The molecule has 0 bridgehead atoms. The first-order valence-electron chi connectivity index (χ1n) is 3.52. The number of rotatable bonds is 1. The molecule has 2 rings (SSSR count). The Bertz CT molecular complexity index is 392. The summed E-state index contributed by atoms with van der Waals surface area (Å²) in [4.78, 5) is -0.487. The molecule has 0 spiro atoms. The van der Waals surface area contributed by atoms with Crippen LogP contribution in [0.5, 0.6) is 0 Å². The Morgan fingerprint density at radius 1 is 1.17 bits per heavy atom. The van der Waals surface area contributed by atoms with Crippen molar-refractivity contribution in [2.75, 3.05) is 0 Å². The maximum atomic E-state index is 5.69. The fraction of sp³-hybridized carbons (Fsp3) is 0.111. The summed E-state index contributed by atoms with van der Waals surface area (Å²) in [5, 5.41) is 1.06. The molecule has 0 atom stereocenters. The van der Waals surface area contributed by atoms with Crippen molar-refractivity contribution in [1.82, 2.24) is 0 Å². The standard InChI is InChI=1S/C9H6Cl2O/c10-9(11)7-2-1-6-3-4-12-8(6)5-7/h1-5,9H. The lowest BCUT2D eigenvalue weighted by molar-refractivity contribution is 0.615. The van der Waals surface area contributed by atoms with E-state index in [1.54, 1.807) is 6.26 Å². The highest BCUT2D eigenvalue weighted by Crippen LogP contribution is 2.27. The summed E-state index contributed by atoms with van der Waals surface area (Å²) in [5.74, 6) is 0. The van der Waals surface area contributed by atoms with Gasteiger partial charge in [0.15, 0.2) is 0 Å². The molecule has 62 valence electrons. The Morgan fingerprint density at radius 2 is 2.00 bits per heavy atom. The SMILES string of the molecule is ClC(Cl)c1ccc2ccoc2c1. The van der Waals surface area contributed by atoms with Gasteiger partial charge in [0.25, 0.3) is 0 Å². The van der Waals surface area contributed by atoms with Gasteiger partial charge >= 0.3 is 0 Å². The second kappa shape index (κ2) is 3.00. The molecule has 0 aliphatic carbocycles. The molecule has 0 N–H and O–H groups in total. The number of hydrogen-bond acceptors (Lipinski definition) is 1. The van der Waals surface area contributed by atoms with Crippen LogP contribution in [0.2, 0.25) is 0 Å².